The van der Waals surface area contributed by atoms with Crippen LogP contribution in [0.1, 0.15) is 59.8 Å². The predicted octanol–water partition coefficient (Wildman–Crippen LogP) is 2.87. The Balaban J connectivity index is 1.78. The molecule has 0 spiro atoms. The topological polar surface area (TPSA) is 55.1 Å². The van der Waals surface area contributed by atoms with Crippen molar-refractivity contribution in [2.75, 3.05) is 6.54 Å². The summed E-state index contributed by atoms with van der Waals surface area (Å²) in [5, 5.41) is 5.30. The molecule has 0 radical (unpaired) electrons. The highest BCUT2D eigenvalue weighted by molar-refractivity contribution is 7.10. The van der Waals surface area contributed by atoms with E-state index in [1.54, 1.807) is 11.3 Å². The molecule has 3 rings (SSSR count). The molecule has 1 atom stereocenters. The third-order valence-corrected chi connectivity index (χ3v) is 6.03. The average molecular weight is 292 g/mol. The van der Waals surface area contributed by atoms with Crippen LogP contribution in [0.4, 0.5) is 0 Å². The maximum atomic E-state index is 12.6. The number of hydrogen-bond acceptors (Lipinski definition) is 3. The molecule has 1 heterocycles. The van der Waals surface area contributed by atoms with Gasteiger partial charge in [-0.3, -0.25) is 4.79 Å². The number of hydrogen-bond donors (Lipinski definition) is 2. The monoisotopic (exact) mass is 292 g/mol. The summed E-state index contributed by atoms with van der Waals surface area (Å²) in [6, 6.07) is 0. The molecule has 0 bridgehead atoms. The van der Waals surface area contributed by atoms with Crippen molar-refractivity contribution in [1.82, 2.24) is 5.32 Å². The largest absolute Gasteiger partial charge is 0.345 e. The molecule has 1 aromatic rings. The molecule has 2 aliphatic rings. The molecule has 2 aliphatic carbocycles. The fourth-order valence-corrected chi connectivity index (χ4v) is 4.85. The number of carbonyl (C=O) groups excluding carboxylic acids is 1. The number of nitrogens with one attached hydrogen (secondary N) is 1. The molecule has 0 aliphatic heterocycles. The molecule has 0 saturated heterocycles. The number of amides is 1. The summed E-state index contributed by atoms with van der Waals surface area (Å²) < 4.78 is 0. The number of carbonyl (C=O) groups is 1. The van der Waals surface area contributed by atoms with Crippen LogP contribution in [0.25, 0.3) is 0 Å². The minimum atomic E-state index is -0.145. The molecule has 110 valence electrons. The zero-order chi connectivity index (χ0) is 14.2. The van der Waals surface area contributed by atoms with Crippen LogP contribution < -0.4 is 11.1 Å². The van der Waals surface area contributed by atoms with Crippen LogP contribution >= 0.6 is 11.3 Å². The van der Waals surface area contributed by atoms with E-state index < -0.39 is 0 Å². The minimum Gasteiger partial charge on any atom is -0.345 e. The maximum Gasteiger partial charge on any atom is 0.252 e. The predicted molar refractivity (Wildman–Crippen MR) is 83.2 cm³/mol. The summed E-state index contributed by atoms with van der Waals surface area (Å²) in [4.78, 5) is 14.0. The molecule has 0 aromatic carbocycles. The van der Waals surface area contributed by atoms with Crippen molar-refractivity contribution in [1.29, 1.82) is 0 Å². The quantitative estimate of drug-likeness (QED) is 0.900. The summed E-state index contributed by atoms with van der Waals surface area (Å²) in [5.41, 5.74) is 7.98. The molecule has 1 amide bonds. The normalized spacial score (nSPS) is 24.4. The third-order valence-electron chi connectivity index (χ3n) is 4.98. The van der Waals surface area contributed by atoms with Crippen LogP contribution in [-0.2, 0) is 12.8 Å². The van der Waals surface area contributed by atoms with Gasteiger partial charge in [-0.1, -0.05) is 19.8 Å². The molecular weight excluding hydrogens is 268 g/mol. The highest BCUT2D eigenvalue weighted by Crippen LogP contribution is 2.34. The van der Waals surface area contributed by atoms with Crippen molar-refractivity contribution >= 4 is 17.2 Å². The van der Waals surface area contributed by atoms with E-state index in [4.69, 9.17) is 5.73 Å². The van der Waals surface area contributed by atoms with Gasteiger partial charge in [-0.15, -0.1) is 11.3 Å². The van der Waals surface area contributed by atoms with Gasteiger partial charge in [-0.05, 0) is 43.6 Å². The Labute approximate surface area is 124 Å². The second-order valence-electron chi connectivity index (χ2n) is 6.54. The second kappa shape index (κ2) is 5.49. The average Bonchev–Trinajstić information content (AvgIpc) is 3.05. The SMILES string of the molecule is CC1CCc2c(C(=O)NC3(CN)CCCC3)csc2C1. The van der Waals surface area contributed by atoms with E-state index in [-0.39, 0.29) is 11.4 Å². The number of fused-ring (bicyclic) bond motifs is 1. The summed E-state index contributed by atoms with van der Waals surface area (Å²) in [7, 11) is 0. The second-order valence-corrected chi connectivity index (χ2v) is 7.51. The van der Waals surface area contributed by atoms with Crippen LogP contribution in [0.2, 0.25) is 0 Å². The lowest BCUT2D eigenvalue weighted by atomic mass is 9.88. The summed E-state index contributed by atoms with van der Waals surface area (Å²) in [5.74, 6) is 0.853. The summed E-state index contributed by atoms with van der Waals surface area (Å²) in [6.07, 6.45) is 7.80. The van der Waals surface area contributed by atoms with Crippen LogP contribution in [0.3, 0.4) is 0 Å². The number of nitrogens with two attached hydrogens (primary N) is 1. The van der Waals surface area contributed by atoms with E-state index in [9.17, 15) is 4.79 Å². The fraction of sp³-hybridized carbons (Fsp3) is 0.688. The Kier molecular flexibility index (Phi) is 3.87. The lowest BCUT2D eigenvalue weighted by Gasteiger charge is -2.29. The Morgan fingerprint density at radius 2 is 2.25 bits per heavy atom. The van der Waals surface area contributed by atoms with Crippen molar-refractivity contribution in [3.63, 3.8) is 0 Å². The molecular formula is C16H24N2OS. The van der Waals surface area contributed by atoms with Crippen molar-refractivity contribution < 1.29 is 4.79 Å². The van der Waals surface area contributed by atoms with Gasteiger partial charge in [-0.2, -0.15) is 0 Å². The first-order chi connectivity index (χ1) is 9.63. The first-order valence-corrected chi connectivity index (χ1v) is 8.63. The molecule has 1 unspecified atom stereocenters. The van der Waals surface area contributed by atoms with E-state index in [1.165, 1.54) is 29.7 Å². The minimum absolute atomic E-state index is 0.101. The van der Waals surface area contributed by atoms with Crippen LogP contribution in [0.15, 0.2) is 5.38 Å². The van der Waals surface area contributed by atoms with E-state index in [0.717, 1.165) is 37.2 Å². The van der Waals surface area contributed by atoms with Crippen molar-refractivity contribution in [3.8, 4) is 0 Å². The standard InChI is InChI=1S/C16H24N2OS/c1-11-4-5-12-13(9-20-14(12)8-11)15(19)18-16(10-17)6-2-3-7-16/h9,11H,2-8,10,17H2,1H3,(H,18,19). The van der Waals surface area contributed by atoms with Gasteiger partial charge in [0, 0.05) is 16.8 Å². The number of thiophene rings is 1. The highest BCUT2D eigenvalue weighted by atomic mass is 32.1. The Bertz CT molecular complexity index is 503. The molecule has 1 aromatic heterocycles. The van der Waals surface area contributed by atoms with Crippen molar-refractivity contribution in [2.45, 2.75) is 57.4 Å². The molecule has 3 nitrogen and oxygen atoms in total. The molecule has 1 fully saturated rings. The van der Waals surface area contributed by atoms with Gasteiger partial charge in [-0.25, -0.2) is 0 Å². The fourth-order valence-electron chi connectivity index (χ4n) is 3.61. The molecule has 3 N–H and O–H groups in total. The first-order valence-electron chi connectivity index (χ1n) is 7.75. The van der Waals surface area contributed by atoms with E-state index in [2.05, 4.69) is 17.6 Å². The summed E-state index contributed by atoms with van der Waals surface area (Å²) >= 11 is 1.76. The van der Waals surface area contributed by atoms with Crippen molar-refractivity contribution in [2.24, 2.45) is 11.7 Å². The Morgan fingerprint density at radius 3 is 2.95 bits per heavy atom. The third kappa shape index (κ3) is 2.51. The highest BCUT2D eigenvalue weighted by Gasteiger charge is 2.35. The van der Waals surface area contributed by atoms with Crippen molar-refractivity contribution in [3.05, 3.63) is 21.4 Å². The smallest absolute Gasteiger partial charge is 0.252 e. The zero-order valence-electron chi connectivity index (χ0n) is 12.2. The zero-order valence-corrected chi connectivity index (χ0v) is 13.0. The van der Waals surface area contributed by atoms with E-state index in [0.29, 0.717) is 6.54 Å². The molecule has 20 heavy (non-hydrogen) atoms. The van der Waals surface area contributed by atoms with Gasteiger partial charge >= 0.3 is 0 Å². The lowest BCUT2D eigenvalue weighted by molar-refractivity contribution is 0.0902. The Hall–Kier alpha value is -0.870. The van der Waals surface area contributed by atoms with Gasteiger partial charge in [0.15, 0.2) is 0 Å². The molecule has 1 saturated carbocycles. The molecule has 4 heteroatoms. The summed E-state index contributed by atoms with van der Waals surface area (Å²) in [6.45, 7) is 2.85. The number of rotatable bonds is 3. The van der Waals surface area contributed by atoms with Crippen LogP contribution in [0.5, 0.6) is 0 Å². The van der Waals surface area contributed by atoms with Gasteiger partial charge in [0.2, 0.25) is 0 Å². The van der Waals surface area contributed by atoms with E-state index in [1.807, 2.05) is 0 Å². The Morgan fingerprint density at radius 1 is 1.50 bits per heavy atom. The lowest BCUT2D eigenvalue weighted by Crippen LogP contribution is -2.51. The van der Waals surface area contributed by atoms with Gasteiger partial charge in [0.1, 0.15) is 0 Å². The maximum absolute atomic E-state index is 12.6. The van der Waals surface area contributed by atoms with Gasteiger partial charge in [0.05, 0.1) is 11.1 Å². The van der Waals surface area contributed by atoms with E-state index >= 15 is 0 Å². The van der Waals surface area contributed by atoms with Crippen LogP contribution in [-0.4, -0.2) is 18.0 Å². The first kappa shape index (κ1) is 14.1. The van der Waals surface area contributed by atoms with Crippen LogP contribution in [0, 0.1) is 5.92 Å². The van der Waals surface area contributed by atoms with Gasteiger partial charge in [0.25, 0.3) is 5.91 Å². The van der Waals surface area contributed by atoms with Gasteiger partial charge < -0.3 is 11.1 Å².